The van der Waals surface area contributed by atoms with Crippen LogP contribution in [0.2, 0.25) is 0 Å². The zero-order valence-corrected chi connectivity index (χ0v) is 15.6. The van der Waals surface area contributed by atoms with Crippen LogP contribution in [0, 0.1) is 12.3 Å². The van der Waals surface area contributed by atoms with E-state index < -0.39 is 0 Å². The van der Waals surface area contributed by atoms with E-state index in [9.17, 15) is 4.79 Å². The Bertz CT molecular complexity index is 815. The van der Waals surface area contributed by atoms with Crippen molar-refractivity contribution in [2.45, 2.75) is 59.0 Å². The molecule has 1 aromatic rings. The first kappa shape index (κ1) is 16.4. The van der Waals surface area contributed by atoms with Crippen LogP contribution in [-0.4, -0.2) is 19.2 Å². The van der Waals surface area contributed by atoms with Gasteiger partial charge in [0.1, 0.15) is 11.9 Å². The van der Waals surface area contributed by atoms with Gasteiger partial charge in [0.15, 0.2) is 0 Å². The number of benzene rings is 1. The van der Waals surface area contributed by atoms with E-state index in [4.69, 9.17) is 9.47 Å². The van der Waals surface area contributed by atoms with E-state index in [2.05, 4.69) is 32.1 Å². The van der Waals surface area contributed by atoms with E-state index in [0.29, 0.717) is 0 Å². The Hall–Kier alpha value is -2.03. The highest BCUT2D eigenvalue weighted by Gasteiger charge is 2.47. The van der Waals surface area contributed by atoms with Crippen LogP contribution in [0.15, 0.2) is 29.4 Å². The maximum atomic E-state index is 11.6. The average molecular weight is 338 g/mol. The van der Waals surface area contributed by atoms with Crippen LogP contribution < -0.4 is 4.74 Å². The molecular formula is C22H26O3. The fourth-order valence-electron chi connectivity index (χ4n) is 5.07. The molecule has 1 aromatic carbocycles. The second-order valence-electron chi connectivity index (χ2n) is 7.78. The molecule has 0 spiro atoms. The molecule has 0 fully saturated rings. The molecule has 0 heterocycles. The van der Waals surface area contributed by atoms with Crippen LogP contribution in [0.25, 0.3) is 5.57 Å². The Kier molecular flexibility index (Phi) is 3.78. The predicted octanol–water partition coefficient (Wildman–Crippen LogP) is 4.77. The lowest BCUT2D eigenvalue weighted by atomic mass is 9.62. The maximum Gasteiger partial charge on any atom is 0.302 e. The van der Waals surface area contributed by atoms with E-state index in [1.807, 2.05) is 0 Å². The van der Waals surface area contributed by atoms with E-state index >= 15 is 0 Å². The van der Waals surface area contributed by atoms with Crippen molar-refractivity contribution in [3.05, 3.63) is 46.0 Å². The molecule has 25 heavy (non-hydrogen) atoms. The fourth-order valence-corrected chi connectivity index (χ4v) is 5.07. The van der Waals surface area contributed by atoms with Crippen LogP contribution in [0.4, 0.5) is 0 Å². The minimum atomic E-state index is -0.167. The van der Waals surface area contributed by atoms with Crippen LogP contribution in [-0.2, 0) is 16.0 Å². The average Bonchev–Trinajstić information content (AvgIpc) is 2.96. The number of esters is 1. The van der Waals surface area contributed by atoms with Gasteiger partial charge in [-0.25, -0.2) is 0 Å². The minimum absolute atomic E-state index is 0.00856. The molecule has 0 saturated carbocycles. The number of hydrogen-bond acceptors (Lipinski definition) is 3. The number of allylic oxidation sites excluding steroid dienone is 3. The topological polar surface area (TPSA) is 35.5 Å². The number of ether oxygens (including phenoxy) is 2. The Labute approximate surface area is 149 Å². The molecule has 2 atom stereocenters. The normalized spacial score (nSPS) is 27.2. The summed E-state index contributed by atoms with van der Waals surface area (Å²) in [5, 5.41) is 0. The smallest absolute Gasteiger partial charge is 0.302 e. The van der Waals surface area contributed by atoms with Crippen molar-refractivity contribution in [3.63, 3.8) is 0 Å². The third-order valence-corrected chi connectivity index (χ3v) is 6.38. The summed E-state index contributed by atoms with van der Waals surface area (Å²) in [7, 11) is 1.76. The molecule has 4 rings (SSSR count). The molecule has 0 amide bonds. The molecule has 0 unspecified atom stereocenters. The summed E-state index contributed by atoms with van der Waals surface area (Å²) in [6.07, 6.45) is 7.30. The van der Waals surface area contributed by atoms with Crippen molar-refractivity contribution in [1.29, 1.82) is 0 Å². The second kappa shape index (κ2) is 5.76. The van der Waals surface area contributed by atoms with E-state index in [1.165, 1.54) is 40.3 Å². The lowest BCUT2D eigenvalue weighted by Gasteiger charge is -2.45. The second-order valence-corrected chi connectivity index (χ2v) is 7.78. The predicted molar refractivity (Wildman–Crippen MR) is 98.6 cm³/mol. The van der Waals surface area contributed by atoms with Crippen LogP contribution in [0.1, 0.15) is 56.2 Å². The molecule has 132 valence electrons. The molecule has 0 radical (unpaired) electrons. The Morgan fingerprint density at radius 1 is 1.28 bits per heavy atom. The Morgan fingerprint density at radius 2 is 2.08 bits per heavy atom. The molecule has 0 bridgehead atoms. The highest BCUT2D eigenvalue weighted by atomic mass is 16.5. The number of rotatable bonds is 2. The number of carbonyl (C=O) groups is 1. The third kappa shape index (κ3) is 2.36. The van der Waals surface area contributed by atoms with Gasteiger partial charge in [0.2, 0.25) is 0 Å². The van der Waals surface area contributed by atoms with Crippen molar-refractivity contribution < 1.29 is 14.3 Å². The van der Waals surface area contributed by atoms with Crippen molar-refractivity contribution in [1.82, 2.24) is 0 Å². The Morgan fingerprint density at radius 3 is 2.80 bits per heavy atom. The number of hydrogen-bond donors (Lipinski definition) is 0. The van der Waals surface area contributed by atoms with Gasteiger partial charge in [-0.15, -0.1) is 0 Å². The molecule has 3 heteroatoms. The van der Waals surface area contributed by atoms with Gasteiger partial charge in [0.05, 0.1) is 7.11 Å². The van der Waals surface area contributed by atoms with Gasteiger partial charge < -0.3 is 9.47 Å². The van der Waals surface area contributed by atoms with Crippen LogP contribution in [0.5, 0.6) is 5.75 Å². The molecule has 0 saturated heterocycles. The summed E-state index contributed by atoms with van der Waals surface area (Å²) in [6, 6.07) is 4.25. The first-order chi connectivity index (χ1) is 12.0. The first-order valence-electron chi connectivity index (χ1n) is 9.23. The summed E-state index contributed by atoms with van der Waals surface area (Å²) >= 11 is 0. The zero-order valence-electron chi connectivity index (χ0n) is 15.6. The van der Waals surface area contributed by atoms with Crippen molar-refractivity contribution >= 4 is 11.5 Å². The fraction of sp³-hybridized carbons (Fsp3) is 0.500. The number of carbonyl (C=O) groups excluding carboxylic acids is 1. The third-order valence-electron chi connectivity index (χ3n) is 6.38. The summed E-state index contributed by atoms with van der Waals surface area (Å²) in [6.45, 7) is 5.99. The Balaban J connectivity index is 1.80. The molecule has 3 aliphatic carbocycles. The van der Waals surface area contributed by atoms with E-state index in [-0.39, 0.29) is 17.5 Å². The molecular weight excluding hydrogens is 312 g/mol. The maximum absolute atomic E-state index is 11.6. The van der Waals surface area contributed by atoms with Gasteiger partial charge in [-0.3, -0.25) is 4.79 Å². The molecule has 3 aliphatic rings. The number of fused-ring (bicyclic) bond motifs is 4. The summed E-state index contributed by atoms with van der Waals surface area (Å²) < 4.78 is 11.4. The van der Waals surface area contributed by atoms with Gasteiger partial charge in [-0.2, -0.15) is 0 Å². The summed E-state index contributed by atoms with van der Waals surface area (Å²) in [5.74, 6) is 0.821. The molecule has 0 N–H and O–H groups in total. The van der Waals surface area contributed by atoms with E-state index in [1.54, 1.807) is 7.11 Å². The molecule has 0 aromatic heterocycles. The highest BCUT2D eigenvalue weighted by molar-refractivity contribution is 5.85. The zero-order chi connectivity index (χ0) is 17.8. The van der Waals surface area contributed by atoms with Gasteiger partial charge >= 0.3 is 5.97 Å². The lowest BCUT2D eigenvalue weighted by molar-refractivity contribution is -0.152. The largest absolute Gasteiger partial charge is 0.496 e. The van der Waals surface area contributed by atoms with Crippen LogP contribution in [0.3, 0.4) is 0 Å². The van der Waals surface area contributed by atoms with E-state index in [0.717, 1.165) is 37.9 Å². The van der Waals surface area contributed by atoms with Crippen molar-refractivity contribution in [2.24, 2.45) is 5.41 Å². The molecule has 3 nitrogen and oxygen atoms in total. The van der Waals surface area contributed by atoms with Crippen molar-refractivity contribution in [3.8, 4) is 5.75 Å². The number of aryl methyl sites for hydroxylation is 1. The van der Waals surface area contributed by atoms with Crippen molar-refractivity contribution in [2.75, 3.05) is 7.11 Å². The monoisotopic (exact) mass is 338 g/mol. The van der Waals surface area contributed by atoms with Gasteiger partial charge in [-0.1, -0.05) is 19.1 Å². The summed E-state index contributed by atoms with van der Waals surface area (Å²) in [5.41, 5.74) is 8.30. The SMILES string of the molecule is COc1ccc(C)c2c1C1=C(C2)C2=CCC[C@@H](OC(C)=O)[C@@]2(C)CC1. The molecule has 0 aliphatic heterocycles. The standard InChI is InChI=1S/C22H26O3/c1-13-8-9-19(24-4)21-15-10-11-22(3)18(17(15)12-16(13)21)6-5-7-20(22)25-14(2)23/h6,8-9,20H,5,7,10-12H2,1-4H3/t20-,22+/m1/s1. The quantitative estimate of drug-likeness (QED) is 0.729. The summed E-state index contributed by atoms with van der Waals surface area (Å²) in [4.78, 5) is 11.6. The van der Waals surface area contributed by atoms with Gasteiger partial charge in [0.25, 0.3) is 0 Å². The van der Waals surface area contributed by atoms with Gasteiger partial charge in [0, 0.05) is 17.9 Å². The highest BCUT2D eigenvalue weighted by Crippen LogP contribution is 2.57. The minimum Gasteiger partial charge on any atom is -0.496 e. The first-order valence-corrected chi connectivity index (χ1v) is 9.23. The van der Waals surface area contributed by atoms with Crippen LogP contribution >= 0.6 is 0 Å². The number of methoxy groups -OCH3 is 1. The lowest BCUT2D eigenvalue weighted by Crippen LogP contribution is -2.41. The van der Waals surface area contributed by atoms with Gasteiger partial charge in [-0.05, 0) is 72.9 Å².